The van der Waals surface area contributed by atoms with Crippen LogP contribution in [0.15, 0.2) is 18.3 Å². The first-order chi connectivity index (χ1) is 8.27. The maximum atomic E-state index is 12.3. The molecule has 3 rings (SSSR count). The lowest BCUT2D eigenvalue weighted by Gasteiger charge is -2.23. The van der Waals surface area contributed by atoms with Gasteiger partial charge < -0.3 is 15.3 Å². The van der Waals surface area contributed by atoms with Crippen molar-refractivity contribution < 1.29 is 9.90 Å². The van der Waals surface area contributed by atoms with Crippen LogP contribution >= 0.6 is 0 Å². The van der Waals surface area contributed by atoms with Crippen LogP contribution in [-0.4, -0.2) is 46.6 Å². The summed E-state index contributed by atoms with van der Waals surface area (Å²) in [6, 6.07) is 3.39. The van der Waals surface area contributed by atoms with E-state index in [1.165, 1.54) is 12.3 Å². The number of nitrogens with one attached hydrogen (secondary N) is 1. The van der Waals surface area contributed by atoms with Crippen LogP contribution in [0.25, 0.3) is 0 Å². The van der Waals surface area contributed by atoms with Crippen molar-refractivity contribution in [2.75, 3.05) is 19.6 Å². The van der Waals surface area contributed by atoms with Gasteiger partial charge in [0.05, 0.1) is 0 Å². The lowest BCUT2D eigenvalue weighted by Crippen LogP contribution is -2.39. The number of aromatic hydroxyl groups is 1. The van der Waals surface area contributed by atoms with Crippen LogP contribution < -0.4 is 5.32 Å². The zero-order chi connectivity index (χ0) is 11.8. The fourth-order valence-corrected chi connectivity index (χ4v) is 2.80. The van der Waals surface area contributed by atoms with E-state index >= 15 is 0 Å². The minimum absolute atomic E-state index is 0.0353. The van der Waals surface area contributed by atoms with Gasteiger partial charge in [-0.1, -0.05) is 0 Å². The fourth-order valence-electron chi connectivity index (χ4n) is 2.80. The molecule has 0 spiro atoms. The Morgan fingerprint density at radius 2 is 2.41 bits per heavy atom. The number of carbonyl (C=O) groups is 1. The van der Waals surface area contributed by atoms with Gasteiger partial charge in [0, 0.05) is 31.9 Å². The number of hydrogen-bond donors (Lipinski definition) is 2. The smallest absolute Gasteiger partial charge is 0.276 e. The molecule has 2 aliphatic heterocycles. The van der Waals surface area contributed by atoms with Gasteiger partial charge in [0.25, 0.3) is 5.91 Å². The predicted molar refractivity (Wildman–Crippen MR) is 61.7 cm³/mol. The predicted octanol–water partition coefficient (Wildman–Crippen LogP) is 0.221. The molecule has 2 N–H and O–H groups in total. The number of nitrogens with zero attached hydrogens (tertiary/aromatic N) is 2. The molecule has 1 amide bonds. The van der Waals surface area contributed by atoms with E-state index in [-0.39, 0.29) is 23.4 Å². The third-order valence-electron chi connectivity index (χ3n) is 3.70. The van der Waals surface area contributed by atoms with E-state index in [1.54, 1.807) is 6.07 Å². The Bertz CT molecular complexity index is 449. The summed E-state index contributed by atoms with van der Waals surface area (Å²) in [6.45, 7) is 2.61. The van der Waals surface area contributed by atoms with Crippen LogP contribution in [-0.2, 0) is 0 Å². The number of rotatable bonds is 1. The molecule has 2 aliphatic rings. The van der Waals surface area contributed by atoms with Crippen molar-refractivity contribution in [2.45, 2.75) is 12.5 Å². The van der Waals surface area contributed by atoms with Crippen molar-refractivity contribution in [1.82, 2.24) is 15.2 Å². The Labute approximate surface area is 99.5 Å². The van der Waals surface area contributed by atoms with Crippen LogP contribution in [0.2, 0.25) is 0 Å². The summed E-state index contributed by atoms with van der Waals surface area (Å²) < 4.78 is 0. The largest absolute Gasteiger partial charge is 0.505 e. The molecule has 1 aromatic rings. The number of carbonyl (C=O) groups excluding carboxylic acids is 1. The summed E-state index contributed by atoms with van der Waals surface area (Å²) in [5.74, 6) is 0.371. The fraction of sp³-hybridized carbons (Fsp3) is 0.500. The maximum Gasteiger partial charge on any atom is 0.276 e. The topological polar surface area (TPSA) is 65.5 Å². The standard InChI is InChI=1S/C12H15N3O2/c16-10-2-1-4-14-11(10)12(17)15-5-3-8-6-13-7-9(8)15/h1-2,4,8-9,13,16H,3,5-7H2/t8-,9+/m0/s1. The summed E-state index contributed by atoms with van der Waals surface area (Å²) in [7, 11) is 0. The first-order valence-electron chi connectivity index (χ1n) is 5.93. The molecular weight excluding hydrogens is 218 g/mol. The molecule has 1 aromatic heterocycles. The molecule has 3 heterocycles. The van der Waals surface area contributed by atoms with Crippen molar-refractivity contribution in [3.8, 4) is 5.75 Å². The van der Waals surface area contributed by atoms with Gasteiger partial charge in [-0.2, -0.15) is 0 Å². The Morgan fingerprint density at radius 1 is 1.53 bits per heavy atom. The van der Waals surface area contributed by atoms with Gasteiger partial charge in [-0.25, -0.2) is 4.98 Å². The lowest BCUT2D eigenvalue weighted by atomic mass is 10.1. The summed E-state index contributed by atoms with van der Waals surface area (Å²) in [5, 5.41) is 13.0. The van der Waals surface area contributed by atoms with Gasteiger partial charge in [0.1, 0.15) is 5.75 Å². The van der Waals surface area contributed by atoms with Crippen LogP contribution in [0.3, 0.4) is 0 Å². The number of amides is 1. The van der Waals surface area contributed by atoms with Gasteiger partial charge in [-0.05, 0) is 24.5 Å². The molecule has 90 valence electrons. The van der Waals surface area contributed by atoms with Crippen molar-refractivity contribution >= 4 is 5.91 Å². The van der Waals surface area contributed by atoms with E-state index in [0.717, 1.165) is 26.1 Å². The van der Waals surface area contributed by atoms with E-state index in [0.29, 0.717) is 5.92 Å². The van der Waals surface area contributed by atoms with Crippen molar-refractivity contribution in [3.63, 3.8) is 0 Å². The molecule has 5 nitrogen and oxygen atoms in total. The van der Waals surface area contributed by atoms with Gasteiger partial charge in [0.15, 0.2) is 5.69 Å². The maximum absolute atomic E-state index is 12.3. The highest BCUT2D eigenvalue weighted by Gasteiger charge is 2.40. The number of likely N-dealkylation sites (tertiary alicyclic amines) is 1. The van der Waals surface area contributed by atoms with E-state index < -0.39 is 0 Å². The normalized spacial score (nSPS) is 27.2. The molecule has 17 heavy (non-hydrogen) atoms. The highest BCUT2D eigenvalue weighted by Crippen LogP contribution is 2.29. The quantitative estimate of drug-likeness (QED) is 0.728. The molecule has 0 radical (unpaired) electrons. The van der Waals surface area contributed by atoms with Crippen molar-refractivity contribution in [2.24, 2.45) is 5.92 Å². The lowest BCUT2D eigenvalue weighted by molar-refractivity contribution is 0.0727. The Morgan fingerprint density at radius 3 is 3.24 bits per heavy atom. The third kappa shape index (κ3) is 1.67. The molecule has 0 unspecified atom stereocenters. The number of pyridine rings is 1. The van der Waals surface area contributed by atoms with Crippen molar-refractivity contribution in [3.05, 3.63) is 24.0 Å². The molecule has 0 aliphatic carbocycles. The Kier molecular flexibility index (Phi) is 2.48. The summed E-state index contributed by atoms with van der Waals surface area (Å²) in [6.07, 6.45) is 2.57. The molecule has 0 saturated carbocycles. The number of fused-ring (bicyclic) bond motifs is 1. The molecule has 0 aromatic carbocycles. The minimum atomic E-state index is -0.153. The molecule has 2 saturated heterocycles. The SMILES string of the molecule is O=C(c1ncccc1O)N1CC[C@H]2CNC[C@H]21. The van der Waals surface area contributed by atoms with E-state index in [2.05, 4.69) is 10.3 Å². The molecule has 2 atom stereocenters. The highest BCUT2D eigenvalue weighted by atomic mass is 16.3. The van der Waals surface area contributed by atoms with E-state index in [1.807, 2.05) is 4.90 Å². The Hall–Kier alpha value is -1.62. The van der Waals surface area contributed by atoms with Gasteiger partial charge in [0.2, 0.25) is 0 Å². The Balaban J connectivity index is 1.85. The number of aromatic nitrogens is 1. The molecular formula is C12H15N3O2. The summed E-state index contributed by atoms with van der Waals surface area (Å²) in [5.41, 5.74) is 0.167. The highest BCUT2D eigenvalue weighted by molar-refractivity contribution is 5.95. The monoisotopic (exact) mass is 233 g/mol. The van der Waals surface area contributed by atoms with Crippen LogP contribution in [0.1, 0.15) is 16.9 Å². The average molecular weight is 233 g/mol. The zero-order valence-electron chi connectivity index (χ0n) is 9.47. The number of hydrogen-bond acceptors (Lipinski definition) is 4. The zero-order valence-corrected chi connectivity index (χ0v) is 9.47. The summed E-state index contributed by atoms with van der Waals surface area (Å²) >= 11 is 0. The third-order valence-corrected chi connectivity index (χ3v) is 3.70. The van der Waals surface area contributed by atoms with E-state index in [9.17, 15) is 9.90 Å². The van der Waals surface area contributed by atoms with Crippen molar-refractivity contribution in [1.29, 1.82) is 0 Å². The van der Waals surface area contributed by atoms with E-state index in [4.69, 9.17) is 0 Å². The van der Waals surface area contributed by atoms with Gasteiger partial charge in [-0.15, -0.1) is 0 Å². The van der Waals surface area contributed by atoms with Crippen LogP contribution in [0, 0.1) is 5.92 Å². The minimum Gasteiger partial charge on any atom is -0.505 e. The summed E-state index contributed by atoms with van der Waals surface area (Å²) in [4.78, 5) is 18.1. The molecule has 2 fully saturated rings. The van der Waals surface area contributed by atoms with Gasteiger partial charge in [-0.3, -0.25) is 4.79 Å². The average Bonchev–Trinajstić information content (AvgIpc) is 2.90. The van der Waals surface area contributed by atoms with Crippen LogP contribution in [0.5, 0.6) is 5.75 Å². The molecule has 0 bridgehead atoms. The first kappa shape index (κ1) is 10.5. The first-order valence-corrected chi connectivity index (χ1v) is 5.93. The second-order valence-electron chi connectivity index (χ2n) is 4.64. The van der Waals surface area contributed by atoms with Crippen LogP contribution in [0.4, 0.5) is 0 Å². The second-order valence-corrected chi connectivity index (χ2v) is 4.64. The van der Waals surface area contributed by atoms with Gasteiger partial charge >= 0.3 is 0 Å². The second kappa shape index (κ2) is 4.00. The molecule has 5 heteroatoms.